The Balaban J connectivity index is 1.98. The van der Waals surface area contributed by atoms with Crippen LogP contribution in [0.2, 0.25) is 0 Å². The van der Waals surface area contributed by atoms with Crippen LogP contribution in [0.4, 0.5) is 11.8 Å². The summed E-state index contributed by atoms with van der Waals surface area (Å²) in [6.45, 7) is 2.13. The summed E-state index contributed by atoms with van der Waals surface area (Å²) in [6, 6.07) is 0. The molecular weight excluding hydrogens is 240 g/mol. The second-order valence-corrected chi connectivity index (χ2v) is 4.98. The molecule has 102 valence electrons. The standard InChI is InChI=1S/C13H20N6/c1-14-13-17-11-10(15-9-16-11)12(18-13)19-7-5-3-2-4-6-8-19/h9H,2-8H2,1H3,(H2,14,15,16,17,18). The number of hydrogen-bond donors (Lipinski definition) is 2. The number of nitrogens with one attached hydrogen (secondary N) is 2. The fourth-order valence-corrected chi connectivity index (χ4v) is 2.62. The van der Waals surface area contributed by atoms with Crippen molar-refractivity contribution in [1.82, 2.24) is 19.9 Å². The molecule has 6 heteroatoms. The molecule has 0 bridgehead atoms. The predicted octanol–water partition coefficient (Wildman–Crippen LogP) is 2.17. The van der Waals surface area contributed by atoms with Gasteiger partial charge in [-0.25, -0.2) is 4.98 Å². The zero-order chi connectivity index (χ0) is 13.1. The molecule has 3 rings (SSSR count). The zero-order valence-electron chi connectivity index (χ0n) is 11.3. The first kappa shape index (κ1) is 12.2. The van der Waals surface area contributed by atoms with Crippen LogP contribution in [0.25, 0.3) is 11.2 Å². The Kier molecular flexibility index (Phi) is 3.48. The van der Waals surface area contributed by atoms with Crippen molar-refractivity contribution in [3.8, 4) is 0 Å². The number of hydrogen-bond acceptors (Lipinski definition) is 5. The molecule has 0 amide bonds. The highest BCUT2D eigenvalue weighted by Gasteiger charge is 2.16. The topological polar surface area (TPSA) is 69.7 Å². The molecule has 1 aliphatic heterocycles. The van der Waals surface area contributed by atoms with Gasteiger partial charge in [0.25, 0.3) is 0 Å². The lowest BCUT2D eigenvalue weighted by Gasteiger charge is -2.26. The van der Waals surface area contributed by atoms with Gasteiger partial charge in [0, 0.05) is 20.1 Å². The Hall–Kier alpha value is -1.85. The SMILES string of the molecule is CNc1nc(N2CCCCCCC2)c2[nH]cnc2n1. The van der Waals surface area contributed by atoms with Crippen LogP contribution in [0.15, 0.2) is 6.33 Å². The summed E-state index contributed by atoms with van der Waals surface area (Å²) >= 11 is 0. The van der Waals surface area contributed by atoms with E-state index in [0.717, 1.165) is 30.1 Å². The van der Waals surface area contributed by atoms with E-state index in [1.165, 1.54) is 32.1 Å². The molecule has 3 heterocycles. The molecule has 1 aliphatic rings. The van der Waals surface area contributed by atoms with Gasteiger partial charge in [-0.3, -0.25) is 0 Å². The zero-order valence-corrected chi connectivity index (χ0v) is 11.3. The van der Waals surface area contributed by atoms with Gasteiger partial charge in [-0.05, 0) is 12.8 Å². The van der Waals surface area contributed by atoms with E-state index in [1.54, 1.807) is 6.33 Å². The average molecular weight is 260 g/mol. The molecule has 0 aliphatic carbocycles. The van der Waals surface area contributed by atoms with Gasteiger partial charge in [0.05, 0.1) is 6.33 Å². The third kappa shape index (κ3) is 2.47. The molecule has 2 aromatic rings. The fraction of sp³-hybridized carbons (Fsp3) is 0.615. The van der Waals surface area contributed by atoms with Crippen LogP contribution in [-0.2, 0) is 0 Å². The maximum atomic E-state index is 4.62. The first-order valence-corrected chi connectivity index (χ1v) is 7.02. The first-order valence-electron chi connectivity index (χ1n) is 7.02. The van der Waals surface area contributed by atoms with Gasteiger partial charge in [0.1, 0.15) is 5.52 Å². The van der Waals surface area contributed by atoms with Gasteiger partial charge in [0.15, 0.2) is 11.5 Å². The average Bonchev–Trinajstić information content (AvgIpc) is 2.85. The summed E-state index contributed by atoms with van der Waals surface area (Å²) in [5.41, 5.74) is 1.68. The number of anilines is 2. The van der Waals surface area contributed by atoms with Crippen molar-refractivity contribution < 1.29 is 0 Å². The van der Waals surface area contributed by atoms with Crippen molar-refractivity contribution >= 4 is 22.9 Å². The Labute approximate surface area is 112 Å². The molecule has 0 unspecified atom stereocenters. The van der Waals surface area contributed by atoms with Crippen molar-refractivity contribution in [2.24, 2.45) is 0 Å². The van der Waals surface area contributed by atoms with Crippen LogP contribution in [0.3, 0.4) is 0 Å². The number of aromatic nitrogens is 4. The van der Waals surface area contributed by atoms with Crippen LogP contribution >= 0.6 is 0 Å². The van der Waals surface area contributed by atoms with Crippen LogP contribution in [0.1, 0.15) is 32.1 Å². The first-order chi connectivity index (χ1) is 9.38. The van der Waals surface area contributed by atoms with Gasteiger partial charge >= 0.3 is 0 Å². The van der Waals surface area contributed by atoms with E-state index in [2.05, 4.69) is 30.2 Å². The van der Waals surface area contributed by atoms with Crippen molar-refractivity contribution in [3.05, 3.63) is 6.33 Å². The minimum absolute atomic E-state index is 0.636. The Morgan fingerprint density at radius 2 is 1.84 bits per heavy atom. The summed E-state index contributed by atoms with van der Waals surface area (Å²) in [6.07, 6.45) is 8.13. The summed E-state index contributed by atoms with van der Waals surface area (Å²) in [7, 11) is 1.84. The molecule has 6 nitrogen and oxygen atoms in total. The highest BCUT2D eigenvalue weighted by atomic mass is 15.2. The smallest absolute Gasteiger partial charge is 0.226 e. The predicted molar refractivity (Wildman–Crippen MR) is 76.5 cm³/mol. The number of nitrogens with zero attached hydrogens (tertiary/aromatic N) is 4. The van der Waals surface area contributed by atoms with Crippen LogP contribution in [0.5, 0.6) is 0 Å². The minimum Gasteiger partial charge on any atom is -0.357 e. The summed E-state index contributed by atoms with van der Waals surface area (Å²) in [5, 5.41) is 3.01. The molecule has 0 radical (unpaired) electrons. The van der Waals surface area contributed by atoms with E-state index in [9.17, 15) is 0 Å². The van der Waals surface area contributed by atoms with E-state index < -0.39 is 0 Å². The lowest BCUT2D eigenvalue weighted by atomic mass is 10.1. The molecule has 0 saturated carbocycles. The second-order valence-electron chi connectivity index (χ2n) is 4.98. The van der Waals surface area contributed by atoms with Gasteiger partial charge in [-0.1, -0.05) is 19.3 Å². The lowest BCUT2D eigenvalue weighted by Crippen LogP contribution is -2.28. The quantitative estimate of drug-likeness (QED) is 0.866. The maximum absolute atomic E-state index is 4.62. The Morgan fingerprint density at radius 1 is 1.11 bits per heavy atom. The van der Waals surface area contributed by atoms with Gasteiger partial charge in [-0.2, -0.15) is 9.97 Å². The van der Waals surface area contributed by atoms with Crippen molar-refractivity contribution in [2.45, 2.75) is 32.1 Å². The molecular formula is C13H20N6. The van der Waals surface area contributed by atoms with Crippen LogP contribution < -0.4 is 10.2 Å². The highest BCUT2D eigenvalue weighted by molar-refractivity contribution is 5.84. The summed E-state index contributed by atoms with van der Waals surface area (Å²) in [5.74, 6) is 1.62. The van der Waals surface area contributed by atoms with E-state index in [4.69, 9.17) is 0 Å². The molecule has 0 aromatic carbocycles. The van der Waals surface area contributed by atoms with Gasteiger partial charge in [-0.15, -0.1) is 0 Å². The van der Waals surface area contributed by atoms with E-state index >= 15 is 0 Å². The number of H-pyrrole nitrogens is 1. The summed E-state index contributed by atoms with van der Waals surface area (Å²) in [4.78, 5) is 18.8. The molecule has 19 heavy (non-hydrogen) atoms. The van der Waals surface area contributed by atoms with Crippen molar-refractivity contribution in [1.29, 1.82) is 0 Å². The monoisotopic (exact) mass is 260 g/mol. The fourth-order valence-electron chi connectivity index (χ4n) is 2.62. The Morgan fingerprint density at radius 3 is 2.58 bits per heavy atom. The van der Waals surface area contributed by atoms with Crippen molar-refractivity contribution in [2.75, 3.05) is 30.4 Å². The third-order valence-corrected chi connectivity index (χ3v) is 3.65. The van der Waals surface area contributed by atoms with E-state index in [-0.39, 0.29) is 0 Å². The van der Waals surface area contributed by atoms with Crippen molar-refractivity contribution in [3.63, 3.8) is 0 Å². The maximum Gasteiger partial charge on any atom is 0.226 e. The van der Waals surface area contributed by atoms with E-state index in [1.807, 2.05) is 7.05 Å². The number of imidazole rings is 1. The van der Waals surface area contributed by atoms with Crippen LogP contribution in [0, 0.1) is 0 Å². The van der Waals surface area contributed by atoms with Gasteiger partial charge in [0.2, 0.25) is 5.95 Å². The molecule has 1 fully saturated rings. The molecule has 1 saturated heterocycles. The summed E-state index contributed by atoms with van der Waals surface area (Å²) < 4.78 is 0. The third-order valence-electron chi connectivity index (χ3n) is 3.65. The largest absolute Gasteiger partial charge is 0.357 e. The van der Waals surface area contributed by atoms with E-state index in [0.29, 0.717) is 5.95 Å². The number of aromatic amines is 1. The van der Waals surface area contributed by atoms with Gasteiger partial charge < -0.3 is 15.2 Å². The normalized spacial score (nSPS) is 17.2. The number of fused-ring (bicyclic) bond motifs is 1. The lowest BCUT2D eigenvalue weighted by molar-refractivity contribution is 0.554. The number of rotatable bonds is 2. The Bertz CT molecular complexity index is 541. The second kappa shape index (κ2) is 5.42. The molecule has 2 aromatic heterocycles. The molecule has 0 atom stereocenters. The molecule has 0 spiro atoms. The minimum atomic E-state index is 0.636. The molecule has 2 N–H and O–H groups in total. The van der Waals surface area contributed by atoms with Crippen LogP contribution in [-0.4, -0.2) is 40.1 Å². The highest BCUT2D eigenvalue weighted by Crippen LogP contribution is 2.24.